The maximum atomic E-state index is 14.2. The maximum absolute atomic E-state index is 14.2. The van der Waals surface area contributed by atoms with Gasteiger partial charge in [-0.3, -0.25) is 5.41 Å². The van der Waals surface area contributed by atoms with E-state index in [1.165, 1.54) is 18.3 Å². The summed E-state index contributed by atoms with van der Waals surface area (Å²) in [5.41, 5.74) is 11.0. The zero-order valence-electron chi connectivity index (χ0n) is 18.8. The summed E-state index contributed by atoms with van der Waals surface area (Å²) in [4.78, 5) is 4.29. The molecule has 0 saturated heterocycles. The van der Waals surface area contributed by atoms with E-state index in [1.807, 2.05) is 13.8 Å². The fraction of sp³-hybridized carbons (Fsp3) is 0.292. The first kappa shape index (κ1) is 23.0. The number of nitrogen functional groups attached to an aromatic ring is 1. The van der Waals surface area contributed by atoms with Gasteiger partial charge in [0.2, 0.25) is 0 Å². The first-order valence-corrected chi connectivity index (χ1v) is 10.5. The van der Waals surface area contributed by atoms with Gasteiger partial charge >= 0.3 is 0 Å². The van der Waals surface area contributed by atoms with E-state index < -0.39 is 11.9 Å². The molecule has 1 aromatic heterocycles. The summed E-state index contributed by atoms with van der Waals surface area (Å²) in [6.07, 6.45) is 2.66. The summed E-state index contributed by atoms with van der Waals surface area (Å²) < 4.78 is 20.3. The average Bonchev–Trinajstić information content (AvgIpc) is 2.78. The molecule has 8 heteroatoms. The molecule has 0 unspecified atom stereocenters. The average molecular weight is 437 g/mol. The zero-order valence-corrected chi connectivity index (χ0v) is 18.8. The van der Waals surface area contributed by atoms with Crippen molar-refractivity contribution < 1.29 is 9.13 Å². The number of fused-ring (bicyclic) bond motifs is 3. The van der Waals surface area contributed by atoms with E-state index in [0.717, 1.165) is 17.0 Å². The third-order valence-electron chi connectivity index (χ3n) is 5.54. The molecule has 7 nitrogen and oxygen atoms in total. The van der Waals surface area contributed by atoms with Gasteiger partial charge in [0.15, 0.2) is 11.6 Å². The lowest BCUT2D eigenvalue weighted by molar-refractivity contribution is 0.227. The van der Waals surface area contributed by atoms with Crippen molar-refractivity contribution in [2.45, 2.75) is 33.3 Å². The Morgan fingerprint density at radius 2 is 2.12 bits per heavy atom. The molecule has 1 aliphatic heterocycles. The van der Waals surface area contributed by atoms with Crippen LogP contribution in [0, 0.1) is 16.6 Å². The van der Waals surface area contributed by atoms with Crippen molar-refractivity contribution in [1.29, 1.82) is 10.8 Å². The van der Waals surface area contributed by atoms with Crippen LogP contribution in [0.25, 0.3) is 5.70 Å². The molecule has 0 saturated carbocycles. The van der Waals surface area contributed by atoms with Gasteiger partial charge in [0, 0.05) is 66.1 Å². The van der Waals surface area contributed by atoms with Crippen LogP contribution in [-0.2, 0) is 0 Å². The number of ether oxygens (including phenoxy) is 1. The molecule has 0 radical (unpaired) electrons. The van der Waals surface area contributed by atoms with Crippen LogP contribution in [0.1, 0.15) is 50.0 Å². The summed E-state index contributed by atoms with van der Waals surface area (Å²) in [6.45, 7) is 6.28. The lowest BCUT2D eigenvalue weighted by atomic mass is 9.89. The number of halogens is 1. The number of allylic oxidation sites excluding steroid dienone is 3. The predicted octanol–water partition coefficient (Wildman–Crippen LogP) is 4.18. The summed E-state index contributed by atoms with van der Waals surface area (Å²) in [7, 11) is 1.79. The Hall–Kier alpha value is -3.68. The van der Waals surface area contributed by atoms with Crippen molar-refractivity contribution in [3.8, 4) is 5.75 Å². The molecule has 1 aromatic carbocycles. The second kappa shape index (κ2) is 9.64. The lowest BCUT2D eigenvalue weighted by Gasteiger charge is -2.24. The minimum Gasteiger partial charge on any atom is -0.482 e. The molecule has 1 atom stereocenters. The summed E-state index contributed by atoms with van der Waals surface area (Å²) in [5, 5.41) is 23.6. The molecule has 0 spiro atoms. The molecule has 2 heterocycles. The summed E-state index contributed by atoms with van der Waals surface area (Å²) in [5.74, 6) is 0.160. The Kier molecular flexibility index (Phi) is 6.92. The molecule has 6 N–H and O–H groups in total. The second-order valence-electron chi connectivity index (χ2n) is 7.58. The third-order valence-corrected chi connectivity index (χ3v) is 5.54. The fourth-order valence-corrected chi connectivity index (χ4v) is 3.74. The number of nitrogens with one attached hydrogen (secondary N) is 4. The van der Waals surface area contributed by atoms with Crippen molar-refractivity contribution in [1.82, 2.24) is 15.6 Å². The van der Waals surface area contributed by atoms with Crippen LogP contribution in [0.2, 0.25) is 0 Å². The summed E-state index contributed by atoms with van der Waals surface area (Å²) in [6, 6.07) is 6.10. The Morgan fingerprint density at radius 1 is 1.38 bits per heavy atom. The number of aromatic nitrogens is 1. The number of nitrogens with two attached hydrogens (primary N) is 1. The van der Waals surface area contributed by atoms with Gasteiger partial charge in [-0.25, -0.2) is 9.37 Å². The van der Waals surface area contributed by atoms with Crippen LogP contribution in [0.15, 0.2) is 47.3 Å². The van der Waals surface area contributed by atoms with E-state index >= 15 is 0 Å². The Morgan fingerprint density at radius 3 is 2.78 bits per heavy atom. The molecule has 0 aliphatic carbocycles. The van der Waals surface area contributed by atoms with E-state index in [2.05, 4.69) is 15.6 Å². The van der Waals surface area contributed by atoms with E-state index in [1.54, 1.807) is 32.3 Å². The zero-order chi connectivity index (χ0) is 23.4. The number of hydrogen-bond acceptors (Lipinski definition) is 7. The molecule has 0 amide bonds. The van der Waals surface area contributed by atoms with Crippen LogP contribution >= 0.6 is 0 Å². The largest absolute Gasteiger partial charge is 0.482 e. The molecular weight excluding hydrogens is 407 g/mol. The normalized spacial score (nSPS) is 20.3. The quantitative estimate of drug-likeness (QED) is 0.461. The first-order valence-electron chi connectivity index (χ1n) is 10.5. The minimum atomic E-state index is -0.579. The van der Waals surface area contributed by atoms with Gasteiger partial charge in [-0.2, -0.15) is 0 Å². The Labute approximate surface area is 187 Å². The van der Waals surface area contributed by atoms with Gasteiger partial charge in [-0.15, -0.1) is 0 Å². The highest BCUT2D eigenvalue weighted by Crippen LogP contribution is 2.34. The fourth-order valence-electron chi connectivity index (χ4n) is 3.74. The van der Waals surface area contributed by atoms with Crippen molar-refractivity contribution in [2.75, 3.05) is 19.3 Å². The highest BCUT2D eigenvalue weighted by Gasteiger charge is 2.24. The van der Waals surface area contributed by atoms with Crippen LogP contribution in [-0.4, -0.2) is 30.5 Å². The Bertz CT molecular complexity index is 1120. The monoisotopic (exact) mass is 436 g/mol. The molecule has 3 rings (SSSR count). The molecule has 0 fully saturated rings. The SMILES string of the molecule is CCN/C1=C(\C=N)C/C(=C(\C)NC)C(=N)c2ccc(F)cc2[C@@H](C)Oc2cc1cnc2N. The van der Waals surface area contributed by atoms with E-state index in [9.17, 15) is 4.39 Å². The van der Waals surface area contributed by atoms with Crippen LogP contribution in [0.4, 0.5) is 10.2 Å². The number of hydrogen-bond donors (Lipinski definition) is 5. The summed E-state index contributed by atoms with van der Waals surface area (Å²) >= 11 is 0. The number of anilines is 1. The topological polar surface area (TPSA) is 120 Å². The van der Waals surface area contributed by atoms with Crippen molar-refractivity contribution in [3.05, 3.63) is 69.8 Å². The van der Waals surface area contributed by atoms with Crippen LogP contribution < -0.4 is 21.1 Å². The highest BCUT2D eigenvalue weighted by atomic mass is 19.1. The second-order valence-corrected chi connectivity index (χ2v) is 7.58. The minimum absolute atomic E-state index is 0.213. The molecular formula is C24H29FN6O. The van der Waals surface area contributed by atoms with Crippen LogP contribution in [0.3, 0.4) is 0 Å². The van der Waals surface area contributed by atoms with E-state index in [-0.39, 0.29) is 11.5 Å². The molecule has 168 valence electrons. The van der Waals surface area contributed by atoms with Gasteiger partial charge in [-0.1, -0.05) is 0 Å². The van der Waals surface area contributed by atoms with Gasteiger partial charge in [0.05, 0.1) is 5.71 Å². The number of benzene rings is 1. The van der Waals surface area contributed by atoms with Crippen LogP contribution in [0.5, 0.6) is 5.75 Å². The van der Waals surface area contributed by atoms with E-state index in [0.29, 0.717) is 41.0 Å². The highest BCUT2D eigenvalue weighted by molar-refractivity contribution is 6.13. The molecule has 1 aliphatic rings. The van der Waals surface area contributed by atoms with Gasteiger partial charge in [-0.05, 0) is 50.6 Å². The Balaban J connectivity index is 2.36. The molecule has 2 aromatic rings. The van der Waals surface area contributed by atoms with Crippen molar-refractivity contribution in [2.24, 2.45) is 0 Å². The standard InChI is InChI=1S/C24H29FN6O/c1-5-30-23-15(11-26)8-19(13(2)29-4)22(27)18-7-6-17(25)10-20(18)14(3)32-21-9-16(23)12-31-24(21)28/h6-7,9-12,14,26-27,29-30H,5,8H2,1-4H3,(H2,28,31)/b19-13-,23-15-,26-11?,27-22?/t14-/m1/s1. The number of nitrogens with zero attached hydrogens (tertiary/aromatic N) is 1. The molecule has 32 heavy (non-hydrogen) atoms. The van der Waals surface area contributed by atoms with Gasteiger partial charge < -0.3 is 26.5 Å². The number of pyridine rings is 1. The third kappa shape index (κ3) is 4.49. The van der Waals surface area contributed by atoms with Crippen molar-refractivity contribution >= 4 is 23.4 Å². The number of rotatable bonds is 4. The van der Waals surface area contributed by atoms with Gasteiger partial charge in [0.25, 0.3) is 0 Å². The van der Waals surface area contributed by atoms with E-state index in [4.69, 9.17) is 21.3 Å². The predicted molar refractivity (Wildman–Crippen MR) is 127 cm³/mol. The lowest BCUT2D eigenvalue weighted by Crippen LogP contribution is -2.20. The molecule has 2 bridgehead atoms. The first-order chi connectivity index (χ1) is 15.3. The maximum Gasteiger partial charge on any atom is 0.166 e. The smallest absolute Gasteiger partial charge is 0.166 e. The van der Waals surface area contributed by atoms with Gasteiger partial charge in [0.1, 0.15) is 11.9 Å². The van der Waals surface area contributed by atoms with Crippen molar-refractivity contribution in [3.63, 3.8) is 0 Å².